The van der Waals surface area contributed by atoms with E-state index in [2.05, 4.69) is 10.6 Å². The monoisotopic (exact) mass is 273 g/mol. The van der Waals surface area contributed by atoms with Crippen molar-refractivity contribution < 1.29 is 14.7 Å². The molecular formula is C14H15N3O3. The van der Waals surface area contributed by atoms with Crippen molar-refractivity contribution in [2.45, 2.75) is 19.4 Å². The van der Waals surface area contributed by atoms with Gasteiger partial charge in [-0.2, -0.15) is 5.26 Å². The predicted molar refractivity (Wildman–Crippen MR) is 70.7 cm³/mol. The fourth-order valence-electron chi connectivity index (χ4n) is 1.81. The van der Waals surface area contributed by atoms with Crippen LogP contribution in [-0.4, -0.2) is 23.7 Å². The minimum absolute atomic E-state index is 0.154. The molecule has 0 aromatic heterocycles. The molecule has 0 heterocycles. The summed E-state index contributed by atoms with van der Waals surface area (Å²) in [5, 5.41) is 22.9. The Hall–Kier alpha value is -2.55. The first-order chi connectivity index (χ1) is 9.55. The normalized spacial score (nSPS) is 14.9. The summed E-state index contributed by atoms with van der Waals surface area (Å²) in [6.45, 7) is 0.485. The lowest BCUT2D eigenvalue weighted by molar-refractivity contribution is -0.143. The maximum absolute atomic E-state index is 11.6. The molecule has 104 valence electrons. The topological polar surface area (TPSA) is 102 Å². The number of nitriles is 1. The summed E-state index contributed by atoms with van der Waals surface area (Å²) in [7, 11) is 0. The van der Waals surface area contributed by atoms with Crippen LogP contribution in [0.1, 0.15) is 24.0 Å². The number of aliphatic carboxylic acids is 1. The summed E-state index contributed by atoms with van der Waals surface area (Å²) in [6, 6.07) is 8.51. The van der Waals surface area contributed by atoms with Gasteiger partial charge in [0.2, 0.25) is 0 Å². The fraction of sp³-hybridized carbons (Fsp3) is 0.357. The van der Waals surface area contributed by atoms with Crippen molar-refractivity contribution >= 4 is 12.0 Å². The highest BCUT2D eigenvalue weighted by molar-refractivity contribution is 5.80. The van der Waals surface area contributed by atoms with Crippen LogP contribution in [0.25, 0.3) is 0 Å². The maximum atomic E-state index is 11.6. The van der Waals surface area contributed by atoms with Crippen molar-refractivity contribution in [2.24, 2.45) is 5.41 Å². The molecule has 0 unspecified atom stereocenters. The number of nitrogens with zero attached hydrogens (tertiary/aromatic N) is 1. The molecule has 6 nitrogen and oxygen atoms in total. The lowest BCUT2D eigenvalue weighted by atomic mass is 10.1. The third kappa shape index (κ3) is 3.26. The molecule has 2 amide bonds. The van der Waals surface area contributed by atoms with Gasteiger partial charge in [-0.1, -0.05) is 12.1 Å². The first kappa shape index (κ1) is 13.9. The number of nitrogens with one attached hydrogen (secondary N) is 2. The van der Waals surface area contributed by atoms with Crippen LogP contribution in [-0.2, 0) is 11.3 Å². The van der Waals surface area contributed by atoms with Crippen molar-refractivity contribution in [3.05, 3.63) is 35.4 Å². The van der Waals surface area contributed by atoms with E-state index in [0.717, 1.165) is 5.56 Å². The average molecular weight is 273 g/mol. The molecule has 1 aliphatic carbocycles. The second-order valence-corrected chi connectivity index (χ2v) is 4.93. The molecular weight excluding hydrogens is 258 g/mol. The highest BCUT2D eigenvalue weighted by Gasteiger charge is 2.50. The van der Waals surface area contributed by atoms with Crippen molar-refractivity contribution in [2.75, 3.05) is 6.54 Å². The average Bonchev–Trinajstić information content (AvgIpc) is 3.25. The summed E-state index contributed by atoms with van der Waals surface area (Å²) in [5.41, 5.74) is 0.681. The van der Waals surface area contributed by atoms with Gasteiger partial charge >= 0.3 is 12.0 Å². The van der Waals surface area contributed by atoms with E-state index in [1.807, 2.05) is 6.07 Å². The van der Waals surface area contributed by atoms with E-state index in [0.29, 0.717) is 24.9 Å². The van der Waals surface area contributed by atoms with Crippen molar-refractivity contribution in [3.63, 3.8) is 0 Å². The molecule has 1 aliphatic rings. The summed E-state index contributed by atoms with van der Waals surface area (Å²) in [4.78, 5) is 22.5. The highest BCUT2D eigenvalue weighted by Crippen LogP contribution is 2.45. The predicted octanol–water partition coefficient (Wildman–Crippen LogP) is 1.22. The van der Waals surface area contributed by atoms with E-state index >= 15 is 0 Å². The van der Waals surface area contributed by atoms with Gasteiger partial charge in [0.25, 0.3) is 0 Å². The van der Waals surface area contributed by atoms with E-state index in [9.17, 15) is 9.59 Å². The van der Waals surface area contributed by atoms with Crippen molar-refractivity contribution in [3.8, 4) is 6.07 Å². The number of rotatable bonds is 5. The Morgan fingerprint density at radius 1 is 1.25 bits per heavy atom. The number of carboxylic acids is 1. The Morgan fingerprint density at radius 3 is 2.40 bits per heavy atom. The van der Waals surface area contributed by atoms with Gasteiger partial charge in [0, 0.05) is 13.1 Å². The Kier molecular flexibility index (Phi) is 3.89. The third-order valence-corrected chi connectivity index (χ3v) is 3.43. The number of carboxylic acid groups (broad SMARTS) is 1. The van der Waals surface area contributed by atoms with Crippen LogP contribution in [0.2, 0.25) is 0 Å². The first-order valence-corrected chi connectivity index (χ1v) is 6.30. The van der Waals surface area contributed by atoms with Crippen LogP contribution in [0, 0.1) is 16.7 Å². The van der Waals surface area contributed by atoms with Gasteiger partial charge in [-0.3, -0.25) is 4.79 Å². The summed E-state index contributed by atoms with van der Waals surface area (Å²) >= 11 is 0. The van der Waals surface area contributed by atoms with Gasteiger partial charge in [0.1, 0.15) is 0 Å². The number of carbonyl (C=O) groups is 2. The molecule has 0 saturated heterocycles. The standard InChI is InChI=1S/C14H15N3O3/c15-7-10-1-3-11(4-2-10)8-16-13(20)17-9-14(5-6-14)12(18)19/h1-4H,5-6,8-9H2,(H,18,19)(H2,16,17,20). The second-order valence-electron chi connectivity index (χ2n) is 4.93. The van der Waals surface area contributed by atoms with Crippen LogP contribution in [0.3, 0.4) is 0 Å². The zero-order valence-corrected chi connectivity index (χ0v) is 10.8. The molecule has 0 spiro atoms. The van der Waals surface area contributed by atoms with E-state index in [-0.39, 0.29) is 12.6 Å². The summed E-state index contributed by atoms with van der Waals surface area (Å²) in [6.07, 6.45) is 1.22. The van der Waals surface area contributed by atoms with E-state index < -0.39 is 11.4 Å². The minimum Gasteiger partial charge on any atom is -0.481 e. The van der Waals surface area contributed by atoms with Gasteiger partial charge in [-0.15, -0.1) is 0 Å². The number of carbonyl (C=O) groups excluding carboxylic acids is 1. The van der Waals surface area contributed by atoms with Crippen LogP contribution < -0.4 is 10.6 Å². The van der Waals surface area contributed by atoms with E-state index in [1.54, 1.807) is 24.3 Å². The summed E-state index contributed by atoms with van der Waals surface area (Å²) < 4.78 is 0. The van der Waals surface area contributed by atoms with Gasteiger partial charge in [0.05, 0.1) is 17.0 Å². The second kappa shape index (κ2) is 5.61. The largest absolute Gasteiger partial charge is 0.481 e. The molecule has 0 radical (unpaired) electrons. The SMILES string of the molecule is N#Cc1ccc(CNC(=O)NCC2(C(=O)O)CC2)cc1. The Bertz CT molecular complexity index is 556. The Balaban J connectivity index is 1.75. The first-order valence-electron chi connectivity index (χ1n) is 6.30. The molecule has 0 atom stereocenters. The Morgan fingerprint density at radius 2 is 1.90 bits per heavy atom. The minimum atomic E-state index is -0.857. The molecule has 3 N–H and O–H groups in total. The highest BCUT2D eigenvalue weighted by atomic mass is 16.4. The van der Waals surface area contributed by atoms with Gasteiger partial charge in [-0.05, 0) is 30.5 Å². The van der Waals surface area contributed by atoms with Gasteiger partial charge < -0.3 is 15.7 Å². The molecule has 2 rings (SSSR count). The van der Waals surface area contributed by atoms with Crippen LogP contribution in [0.15, 0.2) is 24.3 Å². The fourth-order valence-corrected chi connectivity index (χ4v) is 1.81. The number of hydrogen-bond acceptors (Lipinski definition) is 3. The van der Waals surface area contributed by atoms with Crippen LogP contribution in [0.5, 0.6) is 0 Å². The molecule has 6 heteroatoms. The van der Waals surface area contributed by atoms with Gasteiger partial charge in [-0.25, -0.2) is 4.79 Å². The van der Waals surface area contributed by atoms with Crippen LogP contribution >= 0.6 is 0 Å². The van der Waals surface area contributed by atoms with Crippen LogP contribution in [0.4, 0.5) is 4.79 Å². The van der Waals surface area contributed by atoms with Crippen molar-refractivity contribution in [1.82, 2.24) is 10.6 Å². The molecule has 0 bridgehead atoms. The number of benzene rings is 1. The number of hydrogen-bond donors (Lipinski definition) is 3. The van der Waals surface area contributed by atoms with Crippen molar-refractivity contribution in [1.29, 1.82) is 5.26 Å². The smallest absolute Gasteiger partial charge is 0.315 e. The Labute approximate surface area is 116 Å². The van der Waals surface area contributed by atoms with Gasteiger partial charge in [0.15, 0.2) is 0 Å². The molecule has 1 saturated carbocycles. The lowest BCUT2D eigenvalue weighted by Crippen LogP contribution is -2.40. The molecule has 0 aliphatic heterocycles. The zero-order chi connectivity index (χ0) is 14.6. The lowest BCUT2D eigenvalue weighted by Gasteiger charge is -2.12. The molecule has 1 fully saturated rings. The number of amides is 2. The zero-order valence-electron chi connectivity index (χ0n) is 10.8. The maximum Gasteiger partial charge on any atom is 0.315 e. The molecule has 1 aromatic rings. The van der Waals surface area contributed by atoms with E-state index in [1.165, 1.54) is 0 Å². The molecule has 20 heavy (non-hydrogen) atoms. The third-order valence-electron chi connectivity index (χ3n) is 3.43. The quantitative estimate of drug-likeness (QED) is 0.750. The summed E-state index contributed by atoms with van der Waals surface area (Å²) in [5.74, 6) is -0.857. The number of urea groups is 1. The molecule has 1 aromatic carbocycles. The van der Waals surface area contributed by atoms with E-state index in [4.69, 9.17) is 10.4 Å².